The Morgan fingerprint density at radius 1 is 1.44 bits per heavy atom. The number of ether oxygens (including phenoxy) is 1. The lowest BCUT2D eigenvalue weighted by Gasteiger charge is -2.39. The maximum absolute atomic E-state index is 12.9. The second-order valence-corrected chi connectivity index (χ2v) is 7.84. The molecule has 1 fully saturated rings. The van der Waals surface area contributed by atoms with E-state index in [0.717, 1.165) is 50.5 Å². The van der Waals surface area contributed by atoms with Crippen LogP contribution in [-0.4, -0.2) is 46.2 Å². The Kier molecular flexibility index (Phi) is 4.87. The molecule has 25 heavy (non-hydrogen) atoms. The van der Waals surface area contributed by atoms with Crippen LogP contribution in [0, 0.1) is 0 Å². The standard InChI is InChI=1S/C18H24N4O2S/c1-21-12-20-16-11-22(13-4-6-24-7-5-13)10-15(17(16)21)18(23)19-9-14-3-2-8-25-14/h2-3,8,12-13,15H,4-7,9-11H2,1H3,(H,19,23)/t15-/m0/s1. The van der Waals surface area contributed by atoms with E-state index in [1.807, 2.05) is 29.4 Å². The number of imidazole rings is 1. The number of aryl methyl sites for hydroxylation is 1. The van der Waals surface area contributed by atoms with Crippen molar-refractivity contribution in [2.24, 2.45) is 7.05 Å². The average Bonchev–Trinajstić information content (AvgIpc) is 3.30. The Hall–Kier alpha value is -1.70. The number of fused-ring (bicyclic) bond motifs is 1. The van der Waals surface area contributed by atoms with E-state index in [9.17, 15) is 4.79 Å². The van der Waals surface area contributed by atoms with Crippen LogP contribution in [0.2, 0.25) is 0 Å². The third kappa shape index (κ3) is 3.49. The summed E-state index contributed by atoms with van der Waals surface area (Å²) in [6.07, 6.45) is 3.90. The van der Waals surface area contributed by atoms with E-state index in [1.165, 1.54) is 4.88 Å². The van der Waals surface area contributed by atoms with Crippen molar-refractivity contribution in [3.05, 3.63) is 40.1 Å². The quantitative estimate of drug-likeness (QED) is 0.904. The molecular weight excluding hydrogens is 336 g/mol. The van der Waals surface area contributed by atoms with Gasteiger partial charge < -0.3 is 14.6 Å². The van der Waals surface area contributed by atoms with Gasteiger partial charge in [0.05, 0.1) is 30.2 Å². The predicted octanol–water partition coefficient (Wildman–Crippen LogP) is 1.88. The van der Waals surface area contributed by atoms with Crippen LogP contribution in [0.25, 0.3) is 0 Å². The van der Waals surface area contributed by atoms with Gasteiger partial charge in [-0.2, -0.15) is 0 Å². The van der Waals surface area contributed by atoms with Gasteiger partial charge in [0.1, 0.15) is 0 Å². The topological polar surface area (TPSA) is 59.4 Å². The number of nitrogens with one attached hydrogen (secondary N) is 1. The van der Waals surface area contributed by atoms with Crippen LogP contribution in [0.5, 0.6) is 0 Å². The molecule has 134 valence electrons. The minimum absolute atomic E-state index is 0.0926. The van der Waals surface area contributed by atoms with Crippen molar-refractivity contribution in [2.75, 3.05) is 19.8 Å². The summed E-state index contributed by atoms with van der Waals surface area (Å²) in [5.74, 6) is -0.0749. The van der Waals surface area contributed by atoms with E-state index in [1.54, 1.807) is 11.3 Å². The highest BCUT2D eigenvalue weighted by Crippen LogP contribution is 2.31. The molecule has 6 nitrogen and oxygen atoms in total. The van der Waals surface area contributed by atoms with E-state index in [-0.39, 0.29) is 11.8 Å². The van der Waals surface area contributed by atoms with Crippen LogP contribution < -0.4 is 5.32 Å². The van der Waals surface area contributed by atoms with Gasteiger partial charge in [0.2, 0.25) is 5.91 Å². The van der Waals surface area contributed by atoms with Gasteiger partial charge in [-0.25, -0.2) is 4.98 Å². The first-order valence-electron chi connectivity index (χ1n) is 8.84. The van der Waals surface area contributed by atoms with Gasteiger partial charge in [0.15, 0.2) is 0 Å². The molecule has 1 amide bonds. The van der Waals surface area contributed by atoms with Gasteiger partial charge in [0, 0.05) is 44.3 Å². The highest BCUT2D eigenvalue weighted by Gasteiger charge is 2.36. The van der Waals surface area contributed by atoms with Crippen LogP contribution in [0.3, 0.4) is 0 Å². The molecule has 2 aromatic heterocycles. The number of hydrogen-bond acceptors (Lipinski definition) is 5. The fraction of sp³-hybridized carbons (Fsp3) is 0.556. The number of amides is 1. The summed E-state index contributed by atoms with van der Waals surface area (Å²) < 4.78 is 7.50. The zero-order valence-corrected chi connectivity index (χ0v) is 15.3. The second kappa shape index (κ2) is 7.27. The summed E-state index contributed by atoms with van der Waals surface area (Å²) in [6.45, 7) is 3.80. The number of thiophene rings is 1. The molecule has 1 atom stereocenters. The maximum atomic E-state index is 12.9. The first-order valence-corrected chi connectivity index (χ1v) is 9.72. The van der Waals surface area contributed by atoms with Crippen molar-refractivity contribution in [3.63, 3.8) is 0 Å². The number of carbonyl (C=O) groups excluding carboxylic acids is 1. The van der Waals surface area contributed by atoms with Crippen molar-refractivity contribution in [3.8, 4) is 0 Å². The van der Waals surface area contributed by atoms with Crippen molar-refractivity contribution >= 4 is 17.2 Å². The maximum Gasteiger partial charge on any atom is 0.230 e. The van der Waals surface area contributed by atoms with Crippen LogP contribution in [-0.2, 0) is 29.7 Å². The molecule has 0 spiro atoms. The second-order valence-electron chi connectivity index (χ2n) is 6.81. The molecule has 1 saturated heterocycles. The van der Waals surface area contributed by atoms with E-state index in [2.05, 4.69) is 21.3 Å². The van der Waals surface area contributed by atoms with E-state index in [0.29, 0.717) is 12.6 Å². The van der Waals surface area contributed by atoms with Crippen LogP contribution in [0.1, 0.15) is 35.0 Å². The summed E-state index contributed by atoms with van der Waals surface area (Å²) in [5.41, 5.74) is 2.10. The number of hydrogen-bond donors (Lipinski definition) is 1. The fourth-order valence-corrected chi connectivity index (χ4v) is 4.53. The Balaban J connectivity index is 1.51. The number of carbonyl (C=O) groups is 1. The smallest absolute Gasteiger partial charge is 0.230 e. The first kappa shape index (κ1) is 16.8. The van der Waals surface area contributed by atoms with E-state index < -0.39 is 0 Å². The van der Waals surface area contributed by atoms with Gasteiger partial charge >= 0.3 is 0 Å². The SMILES string of the molecule is Cn1cnc2c1[C@@H](C(=O)NCc1cccs1)CN(C1CCOCC1)C2. The molecule has 4 rings (SSSR count). The molecular formula is C18H24N4O2S. The molecule has 0 aromatic carbocycles. The average molecular weight is 360 g/mol. The minimum Gasteiger partial charge on any atom is -0.381 e. The third-order valence-corrected chi connectivity index (χ3v) is 6.08. The summed E-state index contributed by atoms with van der Waals surface area (Å²) in [6, 6.07) is 4.55. The van der Waals surface area contributed by atoms with Gasteiger partial charge in [-0.3, -0.25) is 9.69 Å². The summed E-state index contributed by atoms with van der Waals surface area (Å²) in [4.78, 5) is 21.1. The summed E-state index contributed by atoms with van der Waals surface area (Å²) >= 11 is 1.67. The van der Waals surface area contributed by atoms with Crippen LogP contribution in [0.15, 0.2) is 23.8 Å². The Morgan fingerprint density at radius 2 is 2.28 bits per heavy atom. The Labute approximate surface area is 151 Å². The van der Waals surface area contributed by atoms with Crippen molar-refractivity contribution in [2.45, 2.75) is 37.9 Å². The molecule has 7 heteroatoms. The fourth-order valence-electron chi connectivity index (χ4n) is 3.88. The zero-order chi connectivity index (χ0) is 17.2. The highest BCUT2D eigenvalue weighted by atomic mass is 32.1. The molecule has 2 aliphatic heterocycles. The molecule has 1 N–H and O–H groups in total. The number of rotatable bonds is 4. The van der Waals surface area contributed by atoms with Gasteiger partial charge in [0.25, 0.3) is 0 Å². The Morgan fingerprint density at radius 3 is 3.04 bits per heavy atom. The monoisotopic (exact) mass is 360 g/mol. The van der Waals surface area contributed by atoms with Crippen molar-refractivity contribution in [1.29, 1.82) is 0 Å². The minimum atomic E-state index is -0.168. The number of aromatic nitrogens is 2. The van der Waals surface area contributed by atoms with Gasteiger partial charge in [-0.05, 0) is 24.3 Å². The molecule has 0 saturated carbocycles. The van der Waals surface area contributed by atoms with Crippen molar-refractivity contribution < 1.29 is 9.53 Å². The van der Waals surface area contributed by atoms with E-state index >= 15 is 0 Å². The molecule has 0 unspecified atom stereocenters. The lowest BCUT2D eigenvalue weighted by molar-refractivity contribution is -0.124. The van der Waals surface area contributed by atoms with Crippen LogP contribution in [0.4, 0.5) is 0 Å². The van der Waals surface area contributed by atoms with E-state index in [4.69, 9.17) is 4.74 Å². The molecule has 4 heterocycles. The van der Waals surface area contributed by atoms with Gasteiger partial charge in [-0.1, -0.05) is 6.07 Å². The molecule has 0 radical (unpaired) electrons. The van der Waals surface area contributed by atoms with Crippen molar-refractivity contribution in [1.82, 2.24) is 19.8 Å². The zero-order valence-electron chi connectivity index (χ0n) is 14.5. The predicted molar refractivity (Wildman–Crippen MR) is 96.4 cm³/mol. The molecule has 0 bridgehead atoms. The normalized spacial score (nSPS) is 21.9. The third-order valence-electron chi connectivity index (χ3n) is 5.20. The summed E-state index contributed by atoms with van der Waals surface area (Å²) in [5, 5.41) is 5.15. The van der Waals surface area contributed by atoms with Crippen LogP contribution >= 0.6 is 11.3 Å². The highest BCUT2D eigenvalue weighted by molar-refractivity contribution is 7.09. The lowest BCUT2D eigenvalue weighted by atomic mass is 9.94. The molecule has 0 aliphatic carbocycles. The molecule has 2 aliphatic rings. The summed E-state index contributed by atoms with van der Waals surface area (Å²) in [7, 11) is 1.98. The molecule has 2 aromatic rings. The first-order chi connectivity index (χ1) is 12.2. The Bertz CT molecular complexity index is 722. The largest absolute Gasteiger partial charge is 0.381 e. The lowest BCUT2D eigenvalue weighted by Crippen LogP contribution is -2.47. The number of nitrogens with zero attached hydrogens (tertiary/aromatic N) is 3. The van der Waals surface area contributed by atoms with Gasteiger partial charge in [-0.15, -0.1) is 11.3 Å².